The maximum absolute atomic E-state index is 12.9. The van der Waals surface area contributed by atoms with Crippen LogP contribution < -0.4 is 5.32 Å². The molecule has 3 heterocycles. The van der Waals surface area contributed by atoms with Gasteiger partial charge in [0.05, 0.1) is 6.61 Å². The number of nitrogens with zero attached hydrogens (tertiary/aromatic N) is 4. The first kappa shape index (κ1) is 19.3. The molecule has 1 amide bonds. The lowest BCUT2D eigenvalue weighted by Crippen LogP contribution is -2.45. The van der Waals surface area contributed by atoms with E-state index in [4.69, 9.17) is 9.26 Å². The fourth-order valence-corrected chi connectivity index (χ4v) is 3.13. The predicted molar refractivity (Wildman–Crippen MR) is 100 cm³/mol. The molecule has 0 unspecified atom stereocenters. The fourth-order valence-electron chi connectivity index (χ4n) is 3.13. The van der Waals surface area contributed by atoms with E-state index in [1.54, 1.807) is 13.3 Å². The molecule has 8 nitrogen and oxygen atoms in total. The Morgan fingerprint density at radius 2 is 2.26 bits per heavy atom. The number of nitrogens with one attached hydrogen (secondary N) is 1. The Balaban J connectivity index is 1.68. The number of hydrogen-bond acceptors (Lipinski definition) is 7. The lowest BCUT2D eigenvalue weighted by Gasteiger charge is -2.33. The van der Waals surface area contributed by atoms with Gasteiger partial charge in [0.2, 0.25) is 0 Å². The summed E-state index contributed by atoms with van der Waals surface area (Å²) in [5.41, 5.74) is 0.885. The van der Waals surface area contributed by atoms with Gasteiger partial charge in [0.25, 0.3) is 5.91 Å². The fraction of sp³-hybridized carbons (Fsp3) is 0.579. The topological polar surface area (TPSA) is 93.4 Å². The van der Waals surface area contributed by atoms with Crippen molar-refractivity contribution in [1.29, 1.82) is 0 Å². The largest absolute Gasteiger partial charge is 0.378 e. The summed E-state index contributed by atoms with van der Waals surface area (Å²) in [6.45, 7) is 7.83. The second-order valence-electron chi connectivity index (χ2n) is 7.86. The number of ether oxygens (including phenoxy) is 1. The van der Waals surface area contributed by atoms with Crippen molar-refractivity contribution in [1.82, 2.24) is 20.0 Å². The van der Waals surface area contributed by atoms with E-state index < -0.39 is 0 Å². The van der Waals surface area contributed by atoms with Crippen molar-refractivity contribution in [2.24, 2.45) is 0 Å². The van der Waals surface area contributed by atoms with Crippen molar-refractivity contribution in [2.45, 2.75) is 51.7 Å². The second-order valence-corrected chi connectivity index (χ2v) is 7.86. The first-order chi connectivity index (χ1) is 12.9. The summed E-state index contributed by atoms with van der Waals surface area (Å²) in [5.74, 6) is 1.51. The van der Waals surface area contributed by atoms with Gasteiger partial charge in [0.1, 0.15) is 29.2 Å². The quantitative estimate of drug-likeness (QED) is 0.861. The van der Waals surface area contributed by atoms with E-state index in [1.165, 1.54) is 6.26 Å². The molecule has 1 fully saturated rings. The van der Waals surface area contributed by atoms with Crippen LogP contribution in [0.3, 0.4) is 0 Å². The van der Waals surface area contributed by atoms with Gasteiger partial charge in [-0.2, -0.15) is 0 Å². The molecule has 27 heavy (non-hydrogen) atoms. The highest BCUT2D eigenvalue weighted by Crippen LogP contribution is 2.21. The molecule has 0 bridgehead atoms. The van der Waals surface area contributed by atoms with Gasteiger partial charge < -0.3 is 19.5 Å². The van der Waals surface area contributed by atoms with Crippen LogP contribution in [0.15, 0.2) is 23.0 Å². The molecule has 1 aliphatic heterocycles. The van der Waals surface area contributed by atoms with E-state index in [1.807, 2.05) is 11.0 Å². The van der Waals surface area contributed by atoms with E-state index in [9.17, 15) is 4.79 Å². The van der Waals surface area contributed by atoms with Crippen molar-refractivity contribution < 1.29 is 14.1 Å². The SMILES string of the molecule is COCc1nocc1C(=O)N1CCC[C@H](Nc2ccnc(C(C)(C)C)n2)C1. The Hall–Kier alpha value is -2.48. The molecule has 1 saturated heterocycles. The zero-order chi connectivity index (χ0) is 19.4. The summed E-state index contributed by atoms with van der Waals surface area (Å²) >= 11 is 0. The lowest BCUT2D eigenvalue weighted by atomic mass is 9.96. The highest BCUT2D eigenvalue weighted by atomic mass is 16.5. The van der Waals surface area contributed by atoms with Crippen molar-refractivity contribution in [3.8, 4) is 0 Å². The van der Waals surface area contributed by atoms with Crippen molar-refractivity contribution >= 4 is 11.7 Å². The van der Waals surface area contributed by atoms with Gasteiger partial charge >= 0.3 is 0 Å². The third kappa shape index (κ3) is 4.63. The van der Waals surface area contributed by atoms with E-state index in [0.717, 1.165) is 24.5 Å². The first-order valence-electron chi connectivity index (χ1n) is 9.20. The zero-order valence-electron chi connectivity index (χ0n) is 16.4. The molecular formula is C19H27N5O3. The molecule has 0 spiro atoms. The molecule has 0 aliphatic carbocycles. The summed E-state index contributed by atoms with van der Waals surface area (Å²) in [6.07, 6.45) is 5.07. The minimum atomic E-state index is -0.113. The van der Waals surface area contributed by atoms with Crippen LogP contribution in [0.4, 0.5) is 5.82 Å². The number of rotatable bonds is 5. The maximum Gasteiger partial charge on any atom is 0.259 e. The maximum atomic E-state index is 12.9. The van der Waals surface area contributed by atoms with Gasteiger partial charge in [-0.05, 0) is 18.9 Å². The molecule has 0 saturated carbocycles. The highest BCUT2D eigenvalue weighted by Gasteiger charge is 2.28. The van der Waals surface area contributed by atoms with Gasteiger partial charge in [0.15, 0.2) is 0 Å². The number of carbonyl (C=O) groups is 1. The Kier molecular flexibility index (Phi) is 5.74. The molecule has 146 valence electrons. The monoisotopic (exact) mass is 373 g/mol. The van der Waals surface area contributed by atoms with E-state index in [2.05, 4.69) is 41.2 Å². The molecule has 1 N–H and O–H groups in total. The molecule has 0 radical (unpaired) electrons. The van der Waals surface area contributed by atoms with Crippen LogP contribution in [0.2, 0.25) is 0 Å². The second kappa shape index (κ2) is 8.04. The lowest BCUT2D eigenvalue weighted by molar-refractivity contribution is 0.0709. The van der Waals surface area contributed by atoms with E-state index >= 15 is 0 Å². The zero-order valence-corrected chi connectivity index (χ0v) is 16.4. The number of hydrogen-bond donors (Lipinski definition) is 1. The number of anilines is 1. The number of likely N-dealkylation sites (tertiary alicyclic amines) is 1. The molecule has 3 rings (SSSR count). The summed E-state index contributed by atoms with van der Waals surface area (Å²) in [7, 11) is 1.57. The van der Waals surface area contributed by atoms with E-state index in [-0.39, 0.29) is 24.0 Å². The average molecular weight is 373 g/mol. The van der Waals surface area contributed by atoms with E-state index in [0.29, 0.717) is 24.3 Å². The number of aromatic nitrogens is 3. The van der Waals surface area contributed by atoms with Gasteiger partial charge in [-0.25, -0.2) is 9.97 Å². The number of methoxy groups -OCH3 is 1. The standard InChI is InChI=1S/C19H27N5O3/c1-19(2,3)18-20-8-7-16(22-18)21-13-6-5-9-24(10-13)17(25)14-11-27-23-15(14)12-26-4/h7-8,11,13H,5-6,9-10,12H2,1-4H3,(H,20,21,22)/t13-/m0/s1. The Bertz CT molecular complexity index is 784. The summed E-state index contributed by atoms with van der Waals surface area (Å²) in [6, 6.07) is 2.00. The average Bonchev–Trinajstić information content (AvgIpc) is 3.09. The predicted octanol–water partition coefficient (Wildman–Crippen LogP) is 2.63. The van der Waals surface area contributed by atoms with Crippen LogP contribution in [0.1, 0.15) is 55.5 Å². The Morgan fingerprint density at radius 3 is 3.00 bits per heavy atom. The van der Waals surface area contributed by atoms with Crippen LogP contribution in [0.25, 0.3) is 0 Å². The molecule has 1 aliphatic rings. The van der Waals surface area contributed by atoms with Gasteiger partial charge in [-0.3, -0.25) is 4.79 Å². The Morgan fingerprint density at radius 1 is 1.44 bits per heavy atom. The minimum absolute atomic E-state index is 0.0760. The highest BCUT2D eigenvalue weighted by molar-refractivity contribution is 5.95. The summed E-state index contributed by atoms with van der Waals surface area (Å²) in [4.78, 5) is 23.7. The molecule has 8 heteroatoms. The van der Waals surface area contributed by atoms with Gasteiger partial charge in [-0.1, -0.05) is 25.9 Å². The van der Waals surface area contributed by atoms with Crippen LogP contribution in [0.5, 0.6) is 0 Å². The summed E-state index contributed by atoms with van der Waals surface area (Å²) in [5, 5.41) is 7.32. The van der Waals surface area contributed by atoms with Crippen molar-refractivity contribution in [3.63, 3.8) is 0 Å². The number of carbonyl (C=O) groups excluding carboxylic acids is 1. The molecule has 0 aromatic carbocycles. The van der Waals surface area contributed by atoms with Gasteiger partial charge in [0, 0.05) is 37.9 Å². The number of amides is 1. The van der Waals surface area contributed by atoms with Crippen molar-refractivity contribution in [2.75, 3.05) is 25.5 Å². The van der Waals surface area contributed by atoms with Crippen LogP contribution >= 0.6 is 0 Å². The van der Waals surface area contributed by atoms with Crippen molar-refractivity contribution in [3.05, 3.63) is 35.6 Å². The third-order valence-electron chi connectivity index (χ3n) is 4.54. The number of piperidine rings is 1. The summed E-state index contributed by atoms with van der Waals surface area (Å²) < 4.78 is 10.1. The molecular weight excluding hydrogens is 346 g/mol. The molecule has 1 atom stereocenters. The minimum Gasteiger partial charge on any atom is -0.378 e. The van der Waals surface area contributed by atoms with Crippen LogP contribution in [0, 0.1) is 0 Å². The normalized spacial score (nSPS) is 17.8. The first-order valence-corrected chi connectivity index (χ1v) is 9.20. The van der Waals surface area contributed by atoms with Crippen LogP contribution in [-0.2, 0) is 16.8 Å². The smallest absolute Gasteiger partial charge is 0.259 e. The van der Waals surface area contributed by atoms with Gasteiger partial charge in [-0.15, -0.1) is 0 Å². The Labute approximate surface area is 159 Å². The third-order valence-corrected chi connectivity index (χ3v) is 4.54. The van der Waals surface area contributed by atoms with Crippen LogP contribution in [-0.4, -0.2) is 52.2 Å². The molecule has 2 aromatic heterocycles. The molecule has 2 aromatic rings.